The predicted octanol–water partition coefficient (Wildman–Crippen LogP) is 2.52. The lowest BCUT2D eigenvalue weighted by atomic mass is 10.2. The number of imidazole rings is 1. The van der Waals surface area contributed by atoms with Gasteiger partial charge in [-0.1, -0.05) is 11.6 Å². The van der Waals surface area contributed by atoms with Gasteiger partial charge in [-0.25, -0.2) is 9.78 Å². The zero-order valence-corrected chi connectivity index (χ0v) is 9.66. The largest absolute Gasteiger partial charge is 0.476 e. The van der Waals surface area contributed by atoms with Gasteiger partial charge in [0.2, 0.25) is 0 Å². The molecule has 0 unspecified atom stereocenters. The number of fused-ring (bicyclic) bond motifs is 1. The number of pyridine rings is 1. The van der Waals surface area contributed by atoms with Gasteiger partial charge in [-0.2, -0.15) is 13.2 Å². The Balaban J connectivity index is 2.87. The van der Waals surface area contributed by atoms with Gasteiger partial charge in [-0.15, -0.1) is 0 Å². The van der Waals surface area contributed by atoms with Gasteiger partial charge in [0.15, 0.2) is 17.6 Å². The number of halogens is 4. The van der Waals surface area contributed by atoms with Crippen LogP contribution < -0.4 is 0 Å². The summed E-state index contributed by atoms with van der Waals surface area (Å²) < 4.78 is 38.5. The van der Waals surface area contributed by atoms with E-state index in [1.165, 1.54) is 0 Å². The number of aldehydes is 1. The Morgan fingerprint density at radius 2 is 2.11 bits per heavy atom. The number of carboxylic acids is 1. The van der Waals surface area contributed by atoms with Gasteiger partial charge < -0.3 is 5.11 Å². The Morgan fingerprint density at radius 1 is 1.47 bits per heavy atom. The molecule has 100 valence electrons. The molecule has 0 atom stereocenters. The van der Waals surface area contributed by atoms with Crippen LogP contribution >= 0.6 is 11.6 Å². The second kappa shape index (κ2) is 4.23. The number of hydrogen-bond acceptors (Lipinski definition) is 3. The molecule has 0 aliphatic rings. The fourth-order valence-electron chi connectivity index (χ4n) is 1.55. The first-order chi connectivity index (χ1) is 8.75. The van der Waals surface area contributed by atoms with Crippen LogP contribution in [-0.2, 0) is 6.18 Å². The molecule has 0 radical (unpaired) electrons. The van der Waals surface area contributed by atoms with Crippen LogP contribution in [-0.4, -0.2) is 26.7 Å². The van der Waals surface area contributed by atoms with Crippen LogP contribution in [0.1, 0.15) is 26.5 Å². The maximum Gasteiger partial charge on any atom is 0.417 e. The first kappa shape index (κ1) is 13.3. The maximum atomic E-state index is 12.6. The molecule has 2 aromatic rings. The topological polar surface area (TPSA) is 71.7 Å². The summed E-state index contributed by atoms with van der Waals surface area (Å²) in [5.41, 5.74) is -2.50. The van der Waals surface area contributed by atoms with E-state index < -0.39 is 34.1 Å². The molecule has 0 saturated carbocycles. The molecule has 0 bridgehead atoms. The van der Waals surface area contributed by atoms with Crippen molar-refractivity contribution in [3.63, 3.8) is 0 Å². The van der Waals surface area contributed by atoms with Gasteiger partial charge in [0.1, 0.15) is 5.69 Å². The third-order valence-electron chi connectivity index (χ3n) is 2.35. The van der Waals surface area contributed by atoms with Crippen molar-refractivity contribution in [3.05, 3.63) is 34.2 Å². The zero-order chi connectivity index (χ0) is 14.4. The van der Waals surface area contributed by atoms with E-state index in [2.05, 4.69) is 4.98 Å². The van der Waals surface area contributed by atoms with Crippen molar-refractivity contribution in [2.24, 2.45) is 0 Å². The van der Waals surface area contributed by atoms with Gasteiger partial charge in [0.25, 0.3) is 0 Å². The van der Waals surface area contributed by atoms with Crippen LogP contribution in [0.2, 0.25) is 5.02 Å². The normalized spacial score (nSPS) is 11.8. The van der Waals surface area contributed by atoms with Crippen LogP contribution in [0.4, 0.5) is 13.2 Å². The zero-order valence-electron chi connectivity index (χ0n) is 8.90. The minimum Gasteiger partial charge on any atom is -0.476 e. The first-order valence-corrected chi connectivity index (χ1v) is 5.10. The number of carboxylic acid groups (broad SMARTS) is 1. The van der Waals surface area contributed by atoms with E-state index in [4.69, 9.17) is 16.7 Å². The second-order valence-corrected chi connectivity index (χ2v) is 3.94. The third-order valence-corrected chi connectivity index (χ3v) is 2.63. The fraction of sp³-hybridized carbons (Fsp3) is 0.100. The SMILES string of the molecule is O=Cc1c(C(=O)O)nc2c(Cl)cc(C(F)(F)F)cn12. The molecule has 0 fully saturated rings. The fourth-order valence-corrected chi connectivity index (χ4v) is 1.80. The molecule has 2 aromatic heterocycles. The summed E-state index contributed by atoms with van der Waals surface area (Å²) in [5.74, 6) is -1.53. The summed E-state index contributed by atoms with van der Waals surface area (Å²) in [7, 11) is 0. The van der Waals surface area contributed by atoms with E-state index >= 15 is 0 Å². The number of carbonyl (C=O) groups excluding carboxylic acids is 1. The number of nitrogens with zero attached hydrogens (tertiary/aromatic N) is 2. The second-order valence-electron chi connectivity index (χ2n) is 3.54. The first-order valence-electron chi connectivity index (χ1n) is 4.73. The van der Waals surface area contributed by atoms with Crippen LogP contribution in [0.15, 0.2) is 12.3 Å². The number of carbonyl (C=O) groups is 2. The van der Waals surface area contributed by atoms with Crippen molar-refractivity contribution in [1.82, 2.24) is 9.38 Å². The van der Waals surface area contributed by atoms with E-state index in [9.17, 15) is 22.8 Å². The molecule has 0 spiro atoms. The van der Waals surface area contributed by atoms with Gasteiger partial charge in [0.05, 0.1) is 10.6 Å². The molecule has 2 heterocycles. The molecule has 19 heavy (non-hydrogen) atoms. The molecule has 0 aromatic carbocycles. The molecule has 0 saturated heterocycles. The number of rotatable bonds is 2. The van der Waals surface area contributed by atoms with Crippen molar-refractivity contribution >= 4 is 29.5 Å². The number of hydrogen-bond donors (Lipinski definition) is 1. The molecule has 9 heteroatoms. The van der Waals surface area contributed by atoms with Crippen molar-refractivity contribution < 1.29 is 27.9 Å². The third kappa shape index (κ3) is 2.14. The Labute approximate surface area is 108 Å². The van der Waals surface area contributed by atoms with E-state index in [-0.39, 0.29) is 11.9 Å². The lowest BCUT2D eigenvalue weighted by Gasteiger charge is -2.08. The Bertz CT molecular complexity index is 693. The minimum absolute atomic E-state index is 0.111. The molecule has 1 N–H and O–H groups in total. The van der Waals surface area contributed by atoms with Gasteiger partial charge in [-0.3, -0.25) is 9.20 Å². The summed E-state index contributed by atoms with van der Waals surface area (Å²) >= 11 is 5.62. The molecule has 0 aliphatic carbocycles. The monoisotopic (exact) mass is 292 g/mol. The highest BCUT2D eigenvalue weighted by Crippen LogP contribution is 2.32. The molecule has 2 rings (SSSR count). The number of aromatic nitrogens is 2. The Kier molecular flexibility index (Phi) is 2.97. The highest BCUT2D eigenvalue weighted by Gasteiger charge is 2.32. The van der Waals surface area contributed by atoms with E-state index in [0.29, 0.717) is 16.7 Å². The van der Waals surface area contributed by atoms with Crippen LogP contribution in [0.25, 0.3) is 5.65 Å². The molecule has 0 aliphatic heterocycles. The van der Waals surface area contributed by atoms with E-state index in [1.54, 1.807) is 0 Å². The Hall–Kier alpha value is -2.09. The smallest absolute Gasteiger partial charge is 0.417 e. The van der Waals surface area contributed by atoms with Crippen molar-refractivity contribution in [1.29, 1.82) is 0 Å². The van der Waals surface area contributed by atoms with E-state index in [0.717, 1.165) is 0 Å². The van der Waals surface area contributed by atoms with Crippen molar-refractivity contribution in [2.75, 3.05) is 0 Å². The lowest BCUT2D eigenvalue weighted by molar-refractivity contribution is -0.137. The summed E-state index contributed by atoms with van der Waals surface area (Å²) in [5, 5.41) is 8.42. The van der Waals surface area contributed by atoms with Crippen LogP contribution in [0.3, 0.4) is 0 Å². The summed E-state index contributed by atoms with van der Waals surface area (Å²) in [6, 6.07) is 0.615. The predicted molar refractivity (Wildman–Crippen MR) is 57.6 cm³/mol. The highest BCUT2D eigenvalue weighted by atomic mass is 35.5. The van der Waals surface area contributed by atoms with Gasteiger partial charge in [-0.05, 0) is 6.07 Å². The van der Waals surface area contributed by atoms with Gasteiger partial charge >= 0.3 is 12.1 Å². The minimum atomic E-state index is -4.67. The van der Waals surface area contributed by atoms with Crippen molar-refractivity contribution in [3.8, 4) is 0 Å². The maximum absolute atomic E-state index is 12.6. The summed E-state index contributed by atoms with van der Waals surface area (Å²) in [4.78, 5) is 25.2. The van der Waals surface area contributed by atoms with E-state index in [1.807, 2.05) is 0 Å². The molecule has 0 amide bonds. The molecular formula is C10H4ClF3N2O3. The average Bonchev–Trinajstić information content (AvgIpc) is 2.66. The van der Waals surface area contributed by atoms with Crippen LogP contribution in [0.5, 0.6) is 0 Å². The quantitative estimate of drug-likeness (QED) is 0.863. The Morgan fingerprint density at radius 3 is 2.58 bits per heavy atom. The van der Waals surface area contributed by atoms with Crippen molar-refractivity contribution in [2.45, 2.75) is 6.18 Å². The summed E-state index contributed by atoms with van der Waals surface area (Å²) in [6.07, 6.45) is -3.99. The highest BCUT2D eigenvalue weighted by molar-refractivity contribution is 6.33. The lowest BCUT2D eigenvalue weighted by Crippen LogP contribution is -2.08. The molecule has 5 nitrogen and oxygen atoms in total. The number of aromatic carboxylic acids is 1. The standard InChI is InChI=1S/C10H4ClF3N2O3/c11-5-1-4(10(12,13)14)2-16-6(3-17)7(9(18)19)15-8(5)16/h1-3H,(H,18,19). The number of alkyl halides is 3. The molecular weight excluding hydrogens is 289 g/mol. The summed E-state index contributed by atoms with van der Waals surface area (Å²) in [6.45, 7) is 0. The van der Waals surface area contributed by atoms with Gasteiger partial charge in [0, 0.05) is 6.20 Å². The average molecular weight is 293 g/mol. The van der Waals surface area contributed by atoms with Crippen LogP contribution in [0, 0.1) is 0 Å².